The van der Waals surface area contributed by atoms with Crippen LogP contribution in [0.25, 0.3) is 0 Å². The summed E-state index contributed by atoms with van der Waals surface area (Å²) in [6.07, 6.45) is 0. The second-order valence-electron chi connectivity index (χ2n) is 7.83. The van der Waals surface area contributed by atoms with E-state index in [4.69, 9.17) is 21.1 Å². The van der Waals surface area contributed by atoms with Crippen molar-refractivity contribution in [1.29, 1.82) is 0 Å². The van der Waals surface area contributed by atoms with Gasteiger partial charge in [0.1, 0.15) is 6.61 Å². The Balaban J connectivity index is 1.66. The number of amides is 1. The Morgan fingerprint density at radius 2 is 1.73 bits per heavy atom. The third kappa shape index (κ3) is 7.41. The Bertz CT molecular complexity index is 1090. The summed E-state index contributed by atoms with van der Waals surface area (Å²) in [5, 5.41) is 6.97. The molecule has 0 aliphatic carbocycles. The van der Waals surface area contributed by atoms with Crippen LogP contribution in [0.4, 0.5) is 11.4 Å². The Labute approximate surface area is 208 Å². The van der Waals surface area contributed by atoms with Gasteiger partial charge in [0, 0.05) is 28.9 Å². The second kappa shape index (κ2) is 12.0. The molecule has 0 bridgehead atoms. The Kier molecular flexibility index (Phi) is 9.03. The summed E-state index contributed by atoms with van der Waals surface area (Å²) in [6.45, 7) is 7.20. The quantitative estimate of drug-likeness (QED) is 0.288. The van der Waals surface area contributed by atoms with Crippen molar-refractivity contribution in [3.8, 4) is 11.5 Å². The van der Waals surface area contributed by atoms with E-state index in [9.17, 15) is 4.79 Å². The molecule has 1 amide bonds. The first-order chi connectivity index (χ1) is 15.9. The summed E-state index contributed by atoms with van der Waals surface area (Å²) in [7, 11) is 0. The monoisotopic (exact) mass is 530 g/mol. The van der Waals surface area contributed by atoms with Crippen molar-refractivity contribution in [2.45, 2.75) is 33.9 Å². The zero-order valence-electron chi connectivity index (χ0n) is 19.0. The lowest BCUT2D eigenvalue weighted by Crippen LogP contribution is -2.17. The third-order valence-electron chi connectivity index (χ3n) is 4.81. The van der Waals surface area contributed by atoms with Crippen LogP contribution in [0.2, 0.25) is 5.02 Å². The molecular weight excluding hydrogens is 504 g/mol. The fourth-order valence-corrected chi connectivity index (χ4v) is 3.89. The molecule has 3 rings (SSSR count). The van der Waals surface area contributed by atoms with E-state index in [0.29, 0.717) is 36.3 Å². The lowest BCUT2D eigenvalue weighted by Gasteiger charge is -2.16. The Hall–Kier alpha value is -2.70. The summed E-state index contributed by atoms with van der Waals surface area (Å²) < 4.78 is 12.7. The molecule has 3 aromatic rings. The largest absolute Gasteiger partial charge is 0.490 e. The first-order valence-corrected chi connectivity index (χ1v) is 12.0. The van der Waals surface area contributed by atoms with Crippen molar-refractivity contribution in [2.75, 3.05) is 17.2 Å². The first-order valence-electron chi connectivity index (χ1n) is 10.8. The van der Waals surface area contributed by atoms with E-state index in [1.807, 2.05) is 81.4 Å². The highest BCUT2D eigenvalue weighted by molar-refractivity contribution is 9.10. The maximum atomic E-state index is 11.8. The molecule has 0 unspecified atom stereocenters. The highest BCUT2D eigenvalue weighted by Crippen LogP contribution is 2.38. The molecule has 0 saturated heterocycles. The molecule has 33 heavy (non-hydrogen) atoms. The molecule has 0 aliphatic rings. The van der Waals surface area contributed by atoms with E-state index in [2.05, 4.69) is 26.6 Å². The highest BCUT2D eigenvalue weighted by atomic mass is 79.9. The molecule has 0 aromatic heterocycles. The van der Waals surface area contributed by atoms with Gasteiger partial charge in [0.2, 0.25) is 5.91 Å². The fraction of sp³-hybridized carbons (Fsp3) is 0.269. The van der Waals surface area contributed by atoms with Gasteiger partial charge < -0.3 is 20.1 Å². The van der Waals surface area contributed by atoms with Gasteiger partial charge in [-0.15, -0.1) is 0 Å². The lowest BCUT2D eigenvalue weighted by atomic mass is 10.1. The van der Waals surface area contributed by atoms with Crippen molar-refractivity contribution in [1.82, 2.24) is 0 Å². The Morgan fingerprint density at radius 3 is 2.39 bits per heavy atom. The van der Waals surface area contributed by atoms with Gasteiger partial charge in [-0.1, -0.05) is 37.6 Å². The molecule has 0 radical (unpaired) electrons. The van der Waals surface area contributed by atoms with Crippen molar-refractivity contribution < 1.29 is 14.3 Å². The van der Waals surface area contributed by atoms with Crippen molar-refractivity contribution in [3.63, 3.8) is 0 Å². The fourth-order valence-electron chi connectivity index (χ4n) is 3.07. The Morgan fingerprint density at radius 1 is 1.00 bits per heavy atom. The first kappa shape index (κ1) is 24.9. The number of hydrogen-bond acceptors (Lipinski definition) is 4. The maximum Gasteiger partial charge on any atom is 0.226 e. The van der Waals surface area contributed by atoms with Crippen molar-refractivity contribution >= 4 is 44.8 Å². The molecule has 7 heteroatoms. The van der Waals surface area contributed by atoms with E-state index in [1.54, 1.807) is 0 Å². The summed E-state index contributed by atoms with van der Waals surface area (Å²) in [6, 6.07) is 19.2. The van der Waals surface area contributed by atoms with Crippen LogP contribution in [0, 0.1) is 5.92 Å². The molecule has 0 atom stereocenters. The van der Waals surface area contributed by atoms with Crippen LogP contribution in [0.1, 0.15) is 31.9 Å². The average Bonchev–Trinajstić information content (AvgIpc) is 2.78. The smallest absolute Gasteiger partial charge is 0.226 e. The molecule has 0 spiro atoms. The van der Waals surface area contributed by atoms with Gasteiger partial charge in [-0.05, 0) is 82.5 Å². The van der Waals surface area contributed by atoms with Gasteiger partial charge in [-0.3, -0.25) is 4.79 Å². The second-order valence-corrected chi connectivity index (χ2v) is 9.12. The van der Waals surface area contributed by atoms with Gasteiger partial charge in [-0.2, -0.15) is 0 Å². The van der Waals surface area contributed by atoms with Crippen LogP contribution >= 0.6 is 27.5 Å². The number of hydrogen-bond donors (Lipinski definition) is 2. The van der Waals surface area contributed by atoms with Crippen LogP contribution in [-0.2, 0) is 17.9 Å². The molecule has 5 nitrogen and oxygen atoms in total. The zero-order valence-corrected chi connectivity index (χ0v) is 21.3. The third-order valence-corrected chi connectivity index (χ3v) is 5.64. The minimum absolute atomic E-state index is 0.00156. The highest BCUT2D eigenvalue weighted by Gasteiger charge is 2.13. The molecular formula is C26H28BrClN2O3. The van der Waals surface area contributed by atoms with Gasteiger partial charge in [-0.25, -0.2) is 0 Å². The van der Waals surface area contributed by atoms with E-state index < -0.39 is 0 Å². The van der Waals surface area contributed by atoms with Gasteiger partial charge in [0.25, 0.3) is 0 Å². The summed E-state index contributed by atoms with van der Waals surface area (Å²) >= 11 is 9.70. The summed E-state index contributed by atoms with van der Waals surface area (Å²) in [5.74, 6) is 1.28. The van der Waals surface area contributed by atoms with Gasteiger partial charge in [0.15, 0.2) is 11.5 Å². The summed E-state index contributed by atoms with van der Waals surface area (Å²) in [5.41, 5.74) is 3.75. The minimum atomic E-state index is -0.0572. The van der Waals surface area contributed by atoms with Gasteiger partial charge >= 0.3 is 0 Å². The number of nitrogens with one attached hydrogen (secondary N) is 2. The molecule has 0 aliphatic heterocycles. The number of anilines is 2. The number of carbonyl (C=O) groups excluding carboxylic acids is 1. The van der Waals surface area contributed by atoms with Crippen molar-refractivity contribution in [3.05, 3.63) is 81.3 Å². The van der Waals surface area contributed by atoms with E-state index in [-0.39, 0.29) is 11.8 Å². The van der Waals surface area contributed by atoms with Crippen LogP contribution in [-0.4, -0.2) is 12.5 Å². The molecule has 0 saturated carbocycles. The molecule has 2 N–H and O–H groups in total. The van der Waals surface area contributed by atoms with Crippen LogP contribution < -0.4 is 20.1 Å². The minimum Gasteiger partial charge on any atom is -0.490 e. The van der Waals surface area contributed by atoms with Crippen LogP contribution in [0.15, 0.2) is 65.1 Å². The standard InChI is InChI=1S/C26H28BrClN2O3/c1-4-32-24-14-19(13-23(27)25(24)33-16-18-6-5-7-20(28)12-18)15-29-21-8-10-22(11-9-21)30-26(31)17(2)3/h5-14,17,29H,4,15-16H2,1-3H3,(H,30,31). The average molecular weight is 532 g/mol. The van der Waals surface area contributed by atoms with Crippen molar-refractivity contribution in [2.24, 2.45) is 5.92 Å². The van der Waals surface area contributed by atoms with Crippen LogP contribution in [0.3, 0.4) is 0 Å². The normalized spacial score (nSPS) is 10.7. The number of benzene rings is 3. The zero-order chi connectivity index (χ0) is 23.8. The van der Waals surface area contributed by atoms with E-state index >= 15 is 0 Å². The number of ether oxygens (including phenoxy) is 2. The number of carbonyl (C=O) groups is 1. The maximum absolute atomic E-state index is 11.8. The van der Waals surface area contributed by atoms with E-state index in [1.165, 1.54) is 0 Å². The topological polar surface area (TPSA) is 59.6 Å². The summed E-state index contributed by atoms with van der Waals surface area (Å²) in [4.78, 5) is 11.8. The number of rotatable bonds is 10. The van der Waals surface area contributed by atoms with Gasteiger partial charge in [0.05, 0.1) is 11.1 Å². The SMILES string of the molecule is CCOc1cc(CNc2ccc(NC(=O)C(C)C)cc2)cc(Br)c1OCc1cccc(Cl)c1. The lowest BCUT2D eigenvalue weighted by molar-refractivity contribution is -0.118. The van der Waals surface area contributed by atoms with Crippen LogP contribution in [0.5, 0.6) is 11.5 Å². The predicted octanol–water partition coefficient (Wildman–Crippen LogP) is 7.29. The molecule has 0 heterocycles. The predicted molar refractivity (Wildman–Crippen MR) is 138 cm³/mol. The molecule has 3 aromatic carbocycles. The molecule has 174 valence electrons. The van der Waals surface area contributed by atoms with E-state index in [0.717, 1.165) is 27.0 Å². The molecule has 0 fully saturated rings. The number of halogens is 2.